The molecule has 0 aliphatic rings. The summed E-state index contributed by atoms with van der Waals surface area (Å²) in [6, 6.07) is 10.3. The molecule has 0 bridgehead atoms. The van der Waals surface area contributed by atoms with Crippen molar-refractivity contribution in [2.45, 2.75) is 27.2 Å². The van der Waals surface area contributed by atoms with Crippen LogP contribution in [0.1, 0.15) is 26.3 Å². The Morgan fingerprint density at radius 3 is 2.42 bits per heavy atom. The molecule has 4 heteroatoms. The van der Waals surface area contributed by atoms with E-state index in [1.807, 2.05) is 25.1 Å². The Bertz CT molecular complexity index is 379. The Hall–Kier alpha value is -1.06. The van der Waals surface area contributed by atoms with Crippen LogP contribution in [0.15, 0.2) is 30.3 Å². The zero-order valence-corrected chi connectivity index (χ0v) is 12.8. The second-order valence-corrected chi connectivity index (χ2v) is 5.68. The van der Waals surface area contributed by atoms with Gasteiger partial charge >= 0.3 is 0 Å². The van der Waals surface area contributed by atoms with Crippen LogP contribution in [0.2, 0.25) is 0 Å². The van der Waals surface area contributed by atoms with Gasteiger partial charge in [0.2, 0.25) is 5.91 Å². The predicted octanol–water partition coefficient (Wildman–Crippen LogP) is 2.39. The predicted molar refractivity (Wildman–Crippen MR) is 82.4 cm³/mol. The summed E-state index contributed by atoms with van der Waals surface area (Å²) in [6.45, 7) is 7.23. The minimum atomic E-state index is -0.113. The molecule has 0 radical (unpaired) electrons. The van der Waals surface area contributed by atoms with Gasteiger partial charge in [0.25, 0.3) is 0 Å². The first-order valence-corrected chi connectivity index (χ1v) is 6.46. The number of halogens is 1. The van der Waals surface area contributed by atoms with E-state index < -0.39 is 0 Å². The number of hydrogen-bond acceptors (Lipinski definition) is 2. The third-order valence-electron chi connectivity index (χ3n) is 3.07. The van der Waals surface area contributed by atoms with Gasteiger partial charge in [-0.3, -0.25) is 4.79 Å². The van der Waals surface area contributed by atoms with Gasteiger partial charge < -0.3 is 11.1 Å². The molecule has 19 heavy (non-hydrogen) atoms. The van der Waals surface area contributed by atoms with Crippen molar-refractivity contribution < 1.29 is 4.79 Å². The van der Waals surface area contributed by atoms with Crippen LogP contribution in [0.3, 0.4) is 0 Å². The van der Waals surface area contributed by atoms with E-state index in [1.165, 1.54) is 5.56 Å². The van der Waals surface area contributed by atoms with Crippen LogP contribution in [0, 0.1) is 11.3 Å². The van der Waals surface area contributed by atoms with Crippen LogP contribution < -0.4 is 11.1 Å². The van der Waals surface area contributed by atoms with Crippen molar-refractivity contribution in [1.29, 1.82) is 0 Å². The molecule has 0 spiro atoms. The first-order chi connectivity index (χ1) is 8.44. The van der Waals surface area contributed by atoms with E-state index >= 15 is 0 Å². The number of hydrogen-bond donors (Lipinski definition) is 2. The van der Waals surface area contributed by atoms with Crippen molar-refractivity contribution in [1.82, 2.24) is 5.32 Å². The molecule has 0 saturated carbocycles. The minimum absolute atomic E-state index is 0. The lowest BCUT2D eigenvalue weighted by molar-refractivity contribution is -0.124. The van der Waals surface area contributed by atoms with Crippen LogP contribution in [-0.2, 0) is 11.2 Å². The summed E-state index contributed by atoms with van der Waals surface area (Å²) in [5.41, 5.74) is 6.82. The lowest BCUT2D eigenvalue weighted by atomic mass is 9.85. The zero-order chi connectivity index (χ0) is 13.6. The number of benzene rings is 1. The van der Waals surface area contributed by atoms with Gasteiger partial charge in [-0.05, 0) is 17.4 Å². The molecule has 1 unspecified atom stereocenters. The Morgan fingerprint density at radius 2 is 1.89 bits per heavy atom. The molecule has 0 aliphatic carbocycles. The highest BCUT2D eigenvalue weighted by atomic mass is 35.5. The summed E-state index contributed by atoms with van der Waals surface area (Å²) in [7, 11) is 0. The van der Waals surface area contributed by atoms with Crippen molar-refractivity contribution >= 4 is 18.3 Å². The molecule has 0 heterocycles. The molecule has 0 saturated heterocycles. The molecule has 108 valence electrons. The third-order valence-corrected chi connectivity index (χ3v) is 3.07. The normalized spacial score (nSPS) is 12.4. The molecule has 1 atom stereocenters. The Kier molecular flexibility index (Phi) is 7.72. The zero-order valence-electron chi connectivity index (χ0n) is 12.0. The maximum Gasteiger partial charge on any atom is 0.224 e. The summed E-state index contributed by atoms with van der Waals surface area (Å²) < 4.78 is 0. The average molecular weight is 285 g/mol. The lowest BCUT2D eigenvalue weighted by Crippen LogP contribution is -2.39. The summed E-state index contributed by atoms with van der Waals surface area (Å²) in [6.07, 6.45) is 0.950. The molecule has 1 amide bonds. The summed E-state index contributed by atoms with van der Waals surface area (Å²) in [5.74, 6) is -0.0730. The van der Waals surface area contributed by atoms with E-state index in [1.54, 1.807) is 0 Å². The number of rotatable bonds is 6. The van der Waals surface area contributed by atoms with Gasteiger partial charge in [-0.2, -0.15) is 0 Å². The Balaban J connectivity index is 0.00000324. The van der Waals surface area contributed by atoms with Crippen LogP contribution in [0.5, 0.6) is 0 Å². The van der Waals surface area contributed by atoms with Crippen molar-refractivity contribution in [2.24, 2.45) is 17.1 Å². The Labute approximate surface area is 122 Å². The maximum absolute atomic E-state index is 11.7. The molecule has 1 aromatic rings. The standard InChI is InChI=1S/C15H24N2O.ClH/c1-12(10-16)14(18)17-11-15(2,3)9-13-7-5-4-6-8-13;/h4-8,12H,9-11,16H2,1-3H3,(H,17,18);1H. The second-order valence-electron chi connectivity index (χ2n) is 5.68. The lowest BCUT2D eigenvalue weighted by Gasteiger charge is -2.26. The van der Waals surface area contributed by atoms with Crippen LogP contribution in [0.25, 0.3) is 0 Å². The van der Waals surface area contributed by atoms with E-state index in [2.05, 4.69) is 31.3 Å². The van der Waals surface area contributed by atoms with Gasteiger partial charge in [-0.25, -0.2) is 0 Å². The first kappa shape index (κ1) is 17.9. The van der Waals surface area contributed by atoms with Crippen LogP contribution in [0.4, 0.5) is 0 Å². The number of amides is 1. The van der Waals surface area contributed by atoms with Crippen LogP contribution in [-0.4, -0.2) is 19.0 Å². The fourth-order valence-corrected chi connectivity index (χ4v) is 1.82. The number of carbonyl (C=O) groups excluding carboxylic acids is 1. The third kappa shape index (κ3) is 6.60. The molecule has 0 aromatic heterocycles. The fraction of sp³-hybridized carbons (Fsp3) is 0.533. The highest BCUT2D eigenvalue weighted by Crippen LogP contribution is 2.20. The van der Waals surface area contributed by atoms with Crippen molar-refractivity contribution in [3.63, 3.8) is 0 Å². The van der Waals surface area contributed by atoms with Gasteiger partial charge in [0, 0.05) is 19.0 Å². The smallest absolute Gasteiger partial charge is 0.224 e. The summed E-state index contributed by atoms with van der Waals surface area (Å²) in [5, 5.41) is 2.97. The minimum Gasteiger partial charge on any atom is -0.355 e. The van der Waals surface area contributed by atoms with E-state index in [0.717, 1.165) is 6.42 Å². The molecule has 3 N–H and O–H groups in total. The van der Waals surface area contributed by atoms with Gasteiger partial charge in [-0.1, -0.05) is 51.1 Å². The van der Waals surface area contributed by atoms with Crippen molar-refractivity contribution in [3.8, 4) is 0 Å². The number of nitrogens with two attached hydrogens (primary N) is 1. The van der Waals surface area contributed by atoms with Crippen molar-refractivity contribution in [3.05, 3.63) is 35.9 Å². The monoisotopic (exact) mass is 284 g/mol. The molecule has 1 aromatic carbocycles. The van der Waals surface area contributed by atoms with E-state index in [0.29, 0.717) is 13.1 Å². The molecule has 1 rings (SSSR count). The number of nitrogens with one attached hydrogen (secondary N) is 1. The highest BCUT2D eigenvalue weighted by Gasteiger charge is 2.20. The van der Waals surface area contributed by atoms with Crippen LogP contribution >= 0.6 is 12.4 Å². The fourth-order valence-electron chi connectivity index (χ4n) is 1.82. The van der Waals surface area contributed by atoms with E-state index in [-0.39, 0.29) is 29.6 Å². The average Bonchev–Trinajstić information content (AvgIpc) is 2.35. The largest absolute Gasteiger partial charge is 0.355 e. The summed E-state index contributed by atoms with van der Waals surface area (Å²) in [4.78, 5) is 11.7. The van der Waals surface area contributed by atoms with Gasteiger partial charge in [0.15, 0.2) is 0 Å². The van der Waals surface area contributed by atoms with E-state index in [9.17, 15) is 4.79 Å². The first-order valence-electron chi connectivity index (χ1n) is 6.46. The topological polar surface area (TPSA) is 55.1 Å². The molecular weight excluding hydrogens is 260 g/mol. The van der Waals surface area contributed by atoms with Gasteiger partial charge in [0.05, 0.1) is 0 Å². The van der Waals surface area contributed by atoms with Gasteiger partial charge in [-0.15, -0.1) is 12.4 Å². The second kappa shape index (κ2) is 8.18. The molecule has 0 aliphatic heterocycles. The van der Waals surface area contributed by atoms with Crippen molar-refractivity contribution in [2.75, 3.05) is 13.1 Å². The highest BCUT2D eigenvalue weighted by molar-refractivity contribution is 5.85. The summed E-state index contributed by atoms with van der Waals surface area (Å²) >= 11 is 0. The Morgan fingerprint density at radius 1 is 1.32 bits per heavy atom. The number of carbonyl (C=O) groups is 1. The quantitative estimate of drug-likeness (QED) is 0.843. The molecular formula is C15H25ClN2O. The molecule has 3 nitrogen and oxygen atoms in total. The molecule has 0 fully saturated rings. The SMILES string of the molecule is CC(CN)C(=O)NCC(C)(C)Cc1ccccc1.Cl. The van der Waals surface area contributed by atoms with Gasteiger partial charge in [0.1, 0.15) is 0 Å². The maximum atomic E-state index is 11.7. The van der Waals surface area contributed by atoms with E-state index in [4.69, 9.17) is 5.73 Å².